The Balaban J connectivity index is 1.36. The van der Waals surface area contributed by atoms with E-state index in [1.54, 1.807) is 151 Å². The molecule has 0 unspecified atom stereocenters. The summed E-state index contributed by atoms with van der Waals surface area (Å²) in [4.78, 5) is 2.87. The van der Waals surface area contributed by atoms with Gasteiger partial charge in [0.25, 0.3) is 6.71 Å². The number of benzene rings is 13. The Hall–Kier alpha value is -10.7. The average Bonchev–Trinajstić information content (AvgIpc) is 1.56. The summed E-state index contributed by atoms with van der Waals surface area (Å²) in [5, 5.41) is -0.996. The maximum absolute atomic E-state index is 11.7. The van der Waals surface area contributed by atoms with E-state index in [-0.39, 0.29) is 130 Å². The molecule has 4 heteroatoms. The molecule has 3 nitrogen and oxygen atoms in total. The van der Waals surface area contributed by atoms with Crippen molar-refractivity contribution >= 4 is 79.0 Å². The van der Waals surface area contributed by atoms with E-state index < -0.39 is 321 Å². The van der Waals surface area contributed by atoms with E-state index in [9.17, 15) is 45.2 Å². The van der Waals surface area contributed by atoms with E-state index in [4.69, 9.17) is 2.74 Å². The predicted octanol–water partition coefficient (Wildman–Crippen LogP) is 29.2. The van der Waals surface area contributed by atoms with Gasteiger partial charge in [-0.25, -0.2) is 0 Å². The second kappa shape index (κ2) is 27.5. The van der Waals surface area contributed by atoms with Gasteiger partial charge in [-0.2, -0.15) is 0 Å². The summed E-state index contributed by atoms with van der Waals surface area (Å²) in [5.41, 5.74) is -18.8. The Morgan fingerprint density at radius 3 is 1.00 bits per heavy atom. The second-order valence-corrected chi connectivity index (χ2v) is 38.4. The van der Waals surface area contributed by atoms with Crippen LogP contribution in [-0.4, -0.2) is 11.3 Å². The molecule has 0 saturated carbocycles. The molecule has 0 spiro atoms. The minimum absolute atomic E-state index is 0.00980. The molecule has 0 N–H and O–H groups in total. The maximum Gasteiger partial charge on any atom is 0.252 e. The van der Waals surface area contributed by atoms with Crippen LogP contribution in [0.5, 0.6) is 0 Å². The number of rotatable bonds is 9. The van der Waals surface area contributed by atoms with Crippen LogP contribution < -0.4 is 26.2 Å². The number of anilines is 6. The fourth-order valence-corrected chi connectivity index (χ4v) is 15.1. The zero-order valence-corrected chi connectivity index (χ0v) is 69.6. The van der Waals surface area contributed by atoms with Gasteiger partial charge >= 0.3 is 0 Å². The Morgan fingerprint density at radius 1 is 0.254 bits per heavy atom. The first-order chi connectivity index (χ1) is 68.2. The van der Waals surface area contributed by atoms with Gasteiger partial charge in [-0.3, -0.25) is 0 Å². The summed E-state index contributed by atoms with van der Waals surface area (Å²) >= 11 is 0. The molecule has 0 bridgehead atoms. The largest absolute Gasteiger partial charge is 0.310 e. The van der Waals surface area contributed by atoms with Crippen molar-refractivity contribution in [1.29, 1.82) is 0 Å². The normalized spacial score (nSPS) is 17.9. The smallest absolute Gasteiger partial charge is 0.252 e. The number of para-hydroxylation sites is 2. The lowest BCUT2D eigenvalue weighted by Crippen LogP contribution is -2.61. The fourth-order valence-electron chi connectivity index (χ4n) is 15.1. The molecule has 16 rings (SSSR count). The fraction of sp³-hybridized carbons (Fsp3) is 0.291. The Bertz CT molecular complexity index is 8150. The van der Waals surface area contributed by atoms with Crippen LogP contribution >= 0.6 is 0 Å². The zero-order valence-electron chi connectivity index (χ0n) is 105. The summed E-state index contributed by atoms with van der Waals surface area (Å²) in [6, 6.07) is -11.8. The van der Waals surface area contributed by atoms with E-state index in [1.807, 2.05) is 20.8 Å². The van der Waals surface area contributed by atoms with Crippen molar-refractivity contribution in [3.63, 3.8) is 0 Å². The van der Waals surface area contributed by atoms with Gasteiger partial charge in [0.05, 0.1) is 76.1 Å². The first kappa shape index (κ1) is 46.0. The van der Waals surface area contributed by atoms with Crippen LogP contribution in [0.25, 0.3) is 94.3 Å². The number of fused-ring (bicyclic) bond motifs is 7. The Morgan fingerprint density at radius 2 is 0.605 bits per heavy atom. The lowest BCUT2D eigenvalue weighted by atomic mass is 9.33. The number of hydrogen-bond acceptors (Lipinski definition) is 2. The SMILES string of the molecule is [2H]c1cc(-c2c([2H])c(C(C)(C)C)c([2H])c(-c3c([2H])c([2H])c(C(C)(C)C)c([2H])c3[2H])c2N2c3cc(-c4c([2H])c([2H])c([2H])c([2H])c4[2H])ccc3B3c4ccc(-c5c([2H])c([2H])c([2H])c([2H])c5[2H])cc4N(c4c(-c5c([2H])c([2H])c(C(C)(C)C)c([2H])c5[2H])c([2H])c(C(C)(C)C)c([2H])c4-c4c([2H])c([2H])c(C(C)(C)C)c([2H])c4C(C)(C)C)c4cc(-n5c6c([2H])c([2H])c([2H])c([2H])c6c6c([2H])c([2H])c([2H])c([2H])c65)cc2c43)c(C(C)(C)C)c([2H])c1C(C)(C)C. The quantitative estimate of drug-likeness (QED) is 0.133. The first-order valence-corrected chi connectivity index (χ1v) is 38.8. The van der Waals surface area contributed by atoms with Crippen molar-refractivity contribution in [2.24, 2.45) is 0 Å². The molecule has 1 aromatic heterocycles. The van der Waals surface area contributed by atoms with Crippen molar-refractivity contribution in [1.82, 2.24) is 4.57 Å². The molecule has 3 heterocycles. The standard InChI is InChI=1S/C110H116BN3/c1-103(2,3)75-49-43-71(44-50-75)86-61-79(107(13,14)15)63-88(82-55-53-77(105(7,8)9)65-90(82)109(19,20)21)101(86)113-96-59-73(69-35-27-25-28-36-69)47-57-92(96)111-93-58-48-74(70-37-29-26-30-38-70)60-97(93)114(99-68-81(67-98(113)100(99)111)112-94-41-33-31-39-84(94)85-40-32-34-42-95(85)112)102-87(72-45-51-76(52-46-72)104(4,5)6)62-80(108(16,17)18)64-89(102)83-56-54-78(106(10,11)12)66-91(83)110(22,23)24/h25-68H,1-24H3/i25D,26D,27D,28D,29D,30D,31D,32D,33D,34D,35D,36D,37D,38D,39D,40D,41D,42D,43D,44D,45D,46D,49D,50D,51D,52D,53D,54D,55D,61D,62D,63D,64D,65D,66D. The van der Waals surface area contributed by atoms with Gasteiger partial charge in [0.2, 0.25) is 0 Å². The minimum Gasteiger partial charge on any atom is -0.310 e. The maximum atomic E-state index is 11.7. The van der Waals surface area contributed by atoms with Gasteiger partial charge in [0, 0.05) is 55.8 Å². The van der Waals surface area contributed by atoms with Gasteiger partial charge in [0.15, 0.2) is 0 Å². The van der Waals surface area contributed by atoms with Crippen LogP contribution in [0, 0.1) is 0 Å². The summed E-state index contributed by atoms with van der Waals surface area (Å²) in [5.74, 6) is 0. The molecule has 13 aromatic carbocycles. The minimum atomic E-state index is -1.62. The highest BCUT2D eigenvalue weighted by Gasteiger charge is 2.47. The summed E-state index contributed by atoms with van der Waals surface area (Å²) in [7, 11) is 0. The van der Waals surface area contributed by atoms with Gasteiger partial charge in [-0.15, -0.1) is 0 Å². The van der Waals surface area contributed by atoms with Crippen molar-refractivity contribution in [3.05, 3.63) is 311 Å². The summed E-state index contributed by atoms with van der Waals surface area (Å²) in [6.45, 7) is 39.9. The van der Waals surface area contributed by atoms with Crippen molar-refractivity contribution in [3.8, 4) is 72.4 Å². The van der Waals surface area contributed by atoms with Crippen molar-refractivity contribution in [2.45, 2.75) is 209 Å². The Labute approximate surface area is 731 Å². The highest BCUT2D eigenvalue weighted by Crippen LogP contribution is 2.58. The van der Waals surface area contributed by atoms with Gasteiger partial charge < -0.3 is 14.4 Å². The number of nitrogens with zero attached hydrogens (tertiary/aromatic N) is 3. The van der Waals surface area contributed by atoms with Gasteiger partial charge in [0.1, 0.15) is 0 Å². The molecule has 0 saturated heterocycles. The van der Waals surface area contributed by atoms with E-state index in [0.29, 0.717) is 0 Å². The average molecular weight is 1530 g/mol. The molecule has 114 heavy (non-hydrogen) atoms. The van der Waals surface area contributed by atoms with E-state index in [0.717, 1.165) is 4.57 Å². The Kier molecular flexibility index (Phi) is 11.1. The van der Waals surface area contributed by atoms with Crippen LogP contribution in [0.2, 0.25) is 0 Å². The van der Waals surface area contributed by atoms with Crippen LogP contribution in [0.15, 0.2) is 266 Å². The van der Waals surface area contributed by atoms with E-state index in [2.05, 4.69) is 0 Å². The number of aromatic nitrogens is 1. The lowest BCUT2D eigenvalue weighted by molar-refractivity contribution is 0.569. The third-order valence-electron chi connectivity index (χ3n) is 21.3. The molecule has 0 atom stereocenters. The van der Waals surface area contributed by atoms with Crippen LogP contribution in [0.4, 0.5) is 34.1 Å². The molecular formula is C110H116BN3. The molecule has 14 aromatic rings. The zero-order chi connectivity index (χ0) is 112. The molecule has 0 amide bonds. The van der Waals surface area contributed by atoms with Gasteiger partial charge in [-0.1, -0.05) is 372 Å². The van der Waals surface area contributed by atoms with Crippen LogP contribution in [0.1, 0.15) is 259 Å². The molecule has 0 fully saturated rings. The van der Waals surface area contributed by atoms with Crippen LogP contribution in [0.3, 0.4) is 0 Å². The molecule has 0 radical (unpaired) electrons. The molecule has 2 aliphatic heterocycles. The molecule has 0 aliphatic carbocycles. The highest BCUT2D eigenvalue weighted by atomic mass is 15.2. The third kappa shape index (κ3) is 13.9. The molecule has 2 aliphatic rings. The molecular weight excluding hydrogens is 1370 g/mol. The van der Waals surface area contributed by atoms with E-state index >= 15 is 0 Å². The van der Waals surface area contributed by atoms with Gasteiger partial charge in [-0.05, 0) is 209 Å². The van der Waals surface area contributed by atoms with Crippen LogP contribution in [-0.2, 0) is 43.3 Å². The highest BCUT2D eigenvalue weighted by molar-refractivity contribution is 7.00. The predicted molar refractivity (Wildman–Crippen MR) is 497 cm³/mol. The summed E-state index contributed by atoms with van der Waals surface area (Å²) in [6.07, 6.45) is 0. The topological polar surface area (TPSA) is 11.4 Å². The lowest BCUT2D eigenvalue weighted by Gasteiger charge is -2.46. The summed E-state index contributed by atoms with van der Waals surface area (Å²) < 4.78 is 362. The van der Waals surface area contributed by atoms with Crippen molar-refractivity contribution in [2.75, 3.05) is 9.80 Å². The monoisotopic (exact) mass is 1530 g/mol. The van der Waals surface area contributed by atoms with E-state index in [1.165, 1.54) is 58.3 Å². The van der Waals surface area contributed by atoms with Crippen molar-refractivity contribution < 1.29 is 48.0 Å². The number of hydrogen-bond donors (Lipinski definition) is 0. The third-order valence-corrected chi connectivity index (χ3v) is 21.3. The first-order valence-electron chi connectivity index (χ1n) is 56.3. The molecule has 574 valence electrons. The second-order valence-electron chi connectivity index (χ2n) is 38.4.